The summed E-state index contributed by atoms with van der Waals surface area (Å²) in [6.07, 6.45) is 5.26. The van der Waals surface area contributed by atoms with E-state index >= 15 is 0 Å². The Hall–Kier alpha value is -2.03. The minimum absolute atomic E-state index is 0.716. The number of nitrogens with one attached hydrogen (secondary N) is 1. The van der Waals surface area contributed by atoms with E-state index in [1.807, 2.05) is 19.2 Å². The summed E-state index contributed by atoms with van der Waals surface area (Å²) in [7, 11) is 0. The van der Waals surface area contributed by atoms with Crippen LogP contribution >= 0.6 is 0 Å². The molecule has 0 aliphatic carbocycles. The van der Waals surface area contributed by atoms with Gasteiger partial charge in [-0.25, -0.2) is 4.98 Å². The standard InChI is InChI=1S/C18H22N2O/c1-4-12(2)9-10-17-20-13(3)18(21-17)15-11-19-16-8-6-5-7-14(15)16/h5-8,11-12,19H,4,9-10H2,1-3H3/t12-/m0/s1. The lowest BCUT2D eigenvalue weighted by Crippen LogP contribution is -1.95. The van der Waals surface area contributed by atoms with Crippen LogP contribution in [-0.4, -0.2) is 9.97 Å². The average molecular weight is 282 g/mol. The molecule has 2 heterocycles. The molecule has 0 aliphatic rings. The molecular formula is C18H22N2O. The molecule has 1 N–H and O–H groups in total. The van der Waals surface area contributed by atoms with Crippen LogP contribution in [-0.2, 0) is 6.42 Å². The average Bonchev–Trinajstić information content (AvgIpc) is 3.08. The Balaban J connectivity index is 1.90. The maximum absolute atomic E-state index is 6.03. The molecule has 0 fully saturated rings. The summed E-state index contributed by atoms with van der Waals surface area (Å²) >= 11 is 0. The lowest BCUT2D eigenvalue weighted by atomic mass is 10.0. The second-order valence-corrected chi connectivity index (χ2v) is 5.82. The Morgan fingerprint density at radius 3 is 2.90 bits per heavy atom. The number of benzene rings is 1. The minimum atomic E-state index is 0.716. The highest BCUT2D eigenvalue weighted by molar-refractivity contribution is 5.94. The molecule has 2 aromatic heterocycles. The van der Waals surface area contributed by atoms with E-state index < -0.39 is 0 Å². The van der Waals surface area contributed by atoms with Crippen LogP contribution < -0.4 is 0 Å². The van der Waals surface area contributed by atoms with E-state index in [9.17, 15) is 0 Å². The first-order valence-electron chi connectivity index (χ1n) is 7.71. The van der Waals surface area contributed by atoms with Gasteiger partial charge in [-0.2, -0.15) is 0 Å². The molecule has 0 unspecified atom stereocenters. The van der Waals surface area contributed by atoms with Crippen molar-refractivity contribution in [1.82, 2.24) is 9.97 Å². The van der Waals surface area contributed by atoms with Crippen LogP contribution in [0.4, 0.5) is 0 Å². The number of aromatic amines is 1. The van der Waals surface area contributed by atoms with Crippen molar-refractivity contribution < 1.29 is 4.42 Å². The van der Waals surface area contributed by atoms with E-state index in [0.717, 1.165) is 41.3 Å². The molecule has 0 saturated carbocycles. The van der Waals surface area contributed by atoms with Gasteiger partial charge in [0.2, 0.25) is 0 Å². The van der Waals surface area contributed by atoms with Gasteiger partial charge in [-0.3, -0.25) is 0 Å². The molecule has 0 radical (unpaired) electrons. The van der Waals surface area contributed by atoms with Gasteiger partial charge in [-0.05, 0) is 25.3 Å². The second kappa shape index (κ2) is 5.76. The fraction of sp³-hybridized carbons (Fsp3) is 0.389. The molecule has 0 saturated heterocycles. The fourth-order valence-corrected chi connectivity index (χ4v) is 2.64. The van der Waals surface area contributed by atoms with Crippen LogP contribution in [0.1, 0.15) is 38.3 Å². The SMILES string of the molecule is CC[C@H](C)CCc1nc(C)c(-c2c[nH]c3ccccc23)o1. The van der Waals surface area contributed by atoms with Gasteiger partial charge < -0.3 is 9.40 Å². The van der Waals surface area contributed by atoms with Crippen molar-refractivity contribution >= 4 is 10.9 Å². The zero-order chi connectivity index (χ0) is 14.8. The van der Waals surface area contributed by atoms with Gasteiger partial charge in [0.05, 0.1) is 5.69 Å². The van der Waals surface area contributed by atoms with Crippen molar-refractivity contribution in [2.24, 2.45) is 5.92 Å². The van der Waals surface area contributed by atoms with Gasteiger partial charge in [-0.15, -0.1) is 0 Å². The normalized spacial score (nSPS) is 12.9. The van der Waals surface area contributed by atoms with Crippen molar-refractivity contribution in [3.8, 4) is 11.3 Å². The number of rotatable bonds is 5. The van der Waals surface area contributed by atoms with Gasteiger partial charge in [0.25, 0.3) is 0 Å². The first-order valence-corrected chi connectivity index (χ1v) is 7.71. The molecule has 0 aliphatic heterocycles. The molecule has 3 nitrogen and oxygen atoms in total. The van der Waals surface area contributed by atoms with Crippen molar-refractivity contribution in [2.45, 2.75) is 40.0 Å². The molecule has 21 heavy (non-hydrogen) atoms. The molecule has 110 valence electrons. The van der Waals surface area contributed by atoms with Crippen molar-refractivity contribution in [2.75, 3.05) is 0 Å². The Kier molecular flexibility index (Phi) is 3.82. The quantitative estimate of drug-likeness (QED) is 0.706. The first kappa shape index (κ1) is 13.9. The number of hydrogen-bond donors (Lipinski definition) is 1. The first-order chi connectivity index (χ1) is 10.2. The zero-order valence-electron chi connectivity index (χ0n) is 12.9. The summed E-state index contributed by atoms with van der Waals surface area (Å²) in [5, 5.41) is 1.19. The maximum Gasteiger partial charge on any atom is 0.195 e. The number of H-pyrrole nitrogens is 1. The van der Waals surface area contributed by atoms with E-state index in [1.54, 1.807) is 0 Å². The monoisotopic (exact) mass is 282 g/mol. The van der Waals surface area contributed by atoms with E-state index in [1.165, 1.54) is 11.8 Å². The van der Waals surface area contributed by atoms with Gasteiger partial charge in [-0.1, -0.05) is 38.5 Å². The van der Waals surface area contributed by atoms with Crippen molar-refractivity contribution in [3.63, 3.8) is 0 Å². The molecular weight excluding hydrogens is 260 g/mol. The summed E-state index contributed by atoms with van der Waals surface area (Å²) in [5.74, 6) is 2.47. The maximum atomic E-state index is 6.03. The summed E-state index contributed by atoms with van der Waals surface area (Å²) < 4.78 is 6.03. The highest BCUT2D eigenvalue weighted by atomic mass is 16.4. The fourth-order valence-electron chi connectivity index (χ4n) is 2.64. The molecule has 0 amide bonds. The number of oxazole rings is 1. The highest BCUT2D eigenvalue weighted by Crippen LogP contribution is 2.31. The smallest absolute Gasteiger partial charge is 0.195 e. The van der Waals surface area contributed by atoms with Gasteiger partial charge in [0.15, 0.2) is 11.7 Å². The summed E-state index contributed by atoms with van der Waals surface area (Å²) in [4.78, 5) is 7.89. The van der Waals surface area contributed by atoms with E-state index in [0.29, 0.717) is 5.92 Å². The Labute approximate surface area is 125 Å². The van der Waals surface area contributed by atoms with Gasteiger partial charge in [0, 0.05) is 29.1 Å². The van der Waals surface area contributed by atoms with E-state index in [-0.39, 0.29) is 0 Å². The summed E-state index contributed by atoms with van der Waals surface area (Å²) in [5.41, 5.74) is 3.20. The number of hydrogen-bond acceptors (Lipinski definition) is 2. The predicted octanol–water partition coefficient (Wildman–Crippen LogP) is 5.11. The molecule has 0 bridgehead atoms. The lowest BCUT2D eigenvalue weighted by molar-refractivity contribution is 0.449. The van der Waals surface area contributed by atoms with Crippen LogP contribution in [0.15, 0.2) is 34.9 Å². The molecule has 0 spiro atoms. The third-order valence-corrected chi connectivity index (χ3v) is 4.22. The van der Waals surface area contributed by atoms with Crippen molar-refractivity contribution in [3.05, 3.63) is 42.0 Å². The minimum Gasteiger partial charge on any atom is -0.440 e. The van der Waals surface area contributed by atoms with E-state index in [2.05, 4.69) is 42.0 Å². The van der Waals surface area contributed by atoms with Crippen LogP contribution in [0.2, 0.25) is 0 Å². The van der Waals surface area contributed by atoms with Crippen LogP contribution in [0.3, 0.4) is 0 Å². The Morgan fingerprint density at radius 1 is 1.29 bits per heavy atom. The van der Waals surface area contributed by atoms with Crippen LogP contribution in [0, 0.1) is 12.8 Å². The highest BCUT2D eigenvalue weighted by Gasteiger charge is 2.15. The van der Waals surface area contributed by atoms with Crippen molar-refractivity contribution in [1.29, 1.82) is 0 Å². The Morgan fingerprint density at radius 2 is 2.10 bits per heavy atom. The number of aromatic nitrogens is 2. The number of aryl methyl sites for hydroxylation is 2. The van der Waals surface area contributed by atoms with Crippen LogP contribution in [0.25, 0.3) is 22.2 Å². The number of nitrogens with zero attached hydrogens (tertiary/aromatic N) is 1. The predicted molar refractivity (Wildman–Crippen MR) is 86.3 cm³/mol. The van der Waals surface area contributed by atoms with Gasteiger partial charge >= 0.3 is 0 Å². The van der Waals surface area contributed by atoms with Crippen LogP contribution in [0.5, 0.6) is 0 Å². The van der Waals surface area contributed by atoms with Gasteiger partial charge in [0.1, 0.15) is 0 Å². The Bertz CT molecular complexity index is 739. The number of para-hydroxylation sites is 1. The number of fused-ring (bicyclic) bond motifs is 1. The molecule has 3 rings (SSSR count). The summed E-state index contributed by atoms with van der Waals surface area (Å²) in [6, 6.07) is 8.28. The topological polar surface area (TPSA) is 41.8 Å². The largest absolute Gasteiger partial charge is 0.440 e. The third kappa shape index (κ3) is 2.73. The molecule has 1 aromatic carbocycles. The van der Waals surface area contributed by atoms with E-state index in [4.69, 9.17) is 4.42 Å². The lowest BCUT2D eigenvalue weighted by Gasteiger charge is -2.04. The molecule has 3 aromatic rings. The third-order valence-electron chi connectivity index (χ3n) is 4.22. The summed E-state index contributed by atoms with van der Waals surface area (Å²) in [6.45, 7) is 6.52. The molecule has 3 heteroatoms. The molecule has 1 atom stereocenters. The second-order valence-electron chi connectivity index (χ2n) is 5.82. The zero-order valence-corrected chi connectivity index (χ0v) is 12.9.